The van der Waals surface area contributed by atoms with Crippen LogP contribution in [0.2, 0.25) is 0 Å². The summed E-state index contributed by atoms with van der Waals surface area (Å²) in [6, 6.07) is 3.96. The molecule has 0 spiro atoms. The third kappa shape index (κ3) is 1.99. The summed E-state index contributed by atoms with van der Waals surface area (Å²) in [6.07, 6.45) is 1.27. The summed E-state index contributed by atoms with van der Waals surface area (Å²) in [5.41, 5.74) is 0.643. The van der Waals surface area contributed by atoms with Crippen molar-refractivity contribution in [2.45, 2.75) is 12.8 Å². The molecule has 0 fully saturated rings. The highest BCUT2D eigenvalue weighted by Crippen LogP contribution is 2.17. The molecule has 0 saturated carbocycles. The Morgan fingerprint density at radius 1 is 1.38 bits per heavy atom. The minimum atomic E-state index is -0.514. The second-order valence-corrected chi connectivity index (χ2v) is 2.82. The van der Waals surface area contributed by atoms with Crippen LogP contribution in [0.3, 0.4) is 0 Å². The highest BCUT2D eigenvalue weighted by molar-refractivity contribution is 5.76. The van der Waals surface area contributed by atoms with Gasteiger partial charge in [-0.1, -0.05) is 6.92 Å². The molecule has 2 nitrogen and oxygen atoms in total. The maximum absolute atomic E-state index is 13.1. The molecule has 0 aliphatic rings. The predicted molar refractivity (Wildman–Crippen MR) is 46.3 cm³/mol. The Hall–Kier alpha value is -1.51. The fourth-order valence-corrected chi connectivity index (χ4v) is 1.06. The molecule has 1 unspecified atom stereocenters. The topological polar surface area (TPSA) is 34.1 Å². The molecule has 68 valence electrons. The van der Waals surface area contributed by atoms with E-state index in [0.29, 0.717) is 18.1 Å². The van der Waals surface area contributed by atoms with Gasteiger partial charge in [-0.05, 0) is 23.8 Å². The lowest BCUT2D eigenvalue weighted by atomic mass is 10.0. The van der Waals surface area contributed by atoms with Crippen molar-refractivity contribution in [3.05, 3.63) is 35.1 Å². The Labute approximate surface area is 75.4 Å². The maximum atomic E-state index is 13.1. The standard InChI is InChI=1S/C10H9FO2/c1-7(5-12)9-4-8(6-13)2-3-10(9)11/h2-7H,1H3. The zero-order chi connectivity index (χ0) is 9.84. The van der Waals surface area contributed by atoms with Crippen molar-refractivity contribution >= 4 is 12.6 Å². The molecule has 0 aliphatic heterocycles. The summed E-state index contributed by atoms with van der Waals surface area (Å²) in [5, 5.41) is 0. The SMILES string of the molecule is CC(C=O)c1cc(C=O)ccc1F. The molecule has 0 aliphatic carbocycles. The average Bonchev–Trinajstić information content (AvgIpc) is 2.17. The zero-order valence-electron chi connectivity index (χ0n) is 7.16. The lowest BCUT2D eigenvalue weighted by molar-refractivity contribution is -0.108. The summed E-state index contributed by atoms with van der Waals surface area (Å²) in [7, 11) is 0. The van der Waals surface area contributed by atoms with E-state index in [2.05, 4.69) is 0 Å². The van der Waals surface area contributed by atoms with E-state index in [1.165, 1.54) is 18.2 Å². The maximum Gasteiger partial charge on any atom is 0.150 e. The number of hydrogen-bond donors (Lipinski definition) is 0. The highest BCUT2D eigenvalue weighted by Gasteiger charge is 2.10. The van der Waals surface area contributed by atoms with Gasteiger partial charge in [0, 0.05) is 11.5 Å². The van der Waals surface area contributed by atoms with Crippen LogP contribution in [0.5, 0.6) is 0 Å². The zero-order valence-corrected chi connectivity index (χ0v) is 7.16. The smallest absolute Gasteiger partial charge is 0.150 e. The summed E-state index contributed by atoms with van der Waals surface area (Å²) < 4.78 is 13.1. The van der Waals surface area contributed by atoms with Crippen molar-refractivity contribution in [1.82, 2.24) is 0 Å². The summed E-state index contributed by atoms with van der Waals surface area (Å²) in [4.78, 5) is 20.8. The first-order chi connectivity index (χ1) is 6.19. The Bertz CT molecular complexity index is 334. The van der Waals surface area contributed by atoms with Gasteiger partial charge in [-0.2, -0.15) is 0 Å². The molecular formula is C10H9FO2. The van der Waals surface area contributed by atoms with E-state index in [1.54, 1.807) is 6.92 Å². The van der Waals surface area contributed by atoms with Crippen LogP contribution in [0.25, 0.3) is 0 Å². The van der Waals surface area contributed by atoms with E-state index >= 15 is 0 Å². The Morgan fingerprint density at radius 3 is 2.62 bits per heavy atom. The molecule has 3 heteroatoms. The molecule has 0 aromatic heterocycles. The van der Waals surface area contributed by atoms with Gasteiger partial charge in [0.15, 0.2) is 0 Å². The molecule has 1 aromatic rings. The van der Waals surface area contributed by atoms with Crippen molar-refractivity contribution in [1.29, 1.82) is 0 Å². The van der Waals surface area contributed by atoms with Gasteiger partial charge in [-0.15, -0.1) is 0 Å². The van der Waals surface area contributed by atoms with Gasteiger partial charge in [0.25, 0.3) is 0 Å². The van der Waals surface area contributed by atoms with Crippen LogP contribution in [-0.2, 0) is 4.79 Å². The predicted octanol–water partition coefficient (Wildman–Crippen LogP) is 1.94. The van der Waals surface area contributed by atoms with Crippen molar-refractivity contribution in [3.8, 4) is 0 Å². The van der Waals surface area contributed by atoms with Crippen LogP contribution < -0.4 is 0 Å². The molecule has 0 heterocycles. The molecule has 0 bridgehead atoms. The van der Waals surface area contributed by atoms with E-state index < -0.39 is 11.7 Å². The highest BCUT2D eigenvalue weighted by atomic mass is 19.1. The van der Waals surface area contributed by atoms with Gasteiger partial charge < -0.3 is 4.79 Å². The number of rotatable bonds is 3. The van der Waals surface area contributed by atoms with E-state index in [-0.39, 0.29) is 5.56 Å². The number of halogens is 1. The van der Waals surface area contributed by atoms with Crippen LogP contribution in [0.15, 0.2) is 18.2 Å². The number of hydrogen-bond acceptors (Lipinski definition) is 2. The largest absolute Gasteiger partial charge is 0.303 e. The number of carbonyl (C=O) groups is 2. The second kappa shape index (κ2) is 3.94. The minimum absolute atomic E-state index is 0.264. The molecule has 13 heavy (non-hydrogen) atoms. The summed E-state index contributed by atoms with van der Waals surface area (Å²) in [5.74, 6) is -0.967. The van der Waals surface area contributed by atoms with Gasteiger partial charge in [-0.25, -0.2) is 4.39 Å². The van der Waals surface area contributed by atoms with Crippen molar-refractivity contribution in [2.75, 3.05) is 0 Å². The van der Waals surface area contributed by atoms with Gasteiger partial charge in [0.1, 0.15) is 18.4 Å². The minimum Gasteiger partial charge on any atom is -0.303 e. The van der Waals surface area contributed by atoms with Crippen LogP contribution >= 0.6 is 0 Å². The van der Waals surface area contributed by atoms with Crippen LogP contribution in [0.1, 0.15) is 28.8 Å². The average molecular weight is 180 g/mol. The third-order valence-electron chi connectivity index (χ3n) is 1.85. The van der Waals surface area contributed by atoms with Crippen molar-refractivity contribution in [2.24, 2.45) is 0 Å². The fourth-order valence-electron chi connectivity index (χ4n) is 1.06. The molecule has 0 amide bonds. The molecule has 1 aromatic carbocycles. The van der Waals surface area contributed by atoms with E-state index in [1.807, 2.05) is 0 Å². The lowest BCUT2D eigenvalue weighted by Gasteiger charge is -2.05. The first-order valence-electron chi connectivity index (χ1n) is 3.89. The number of aldehydes is 2. The molecule has 0 N–H and O–H groups in total. The van der Waals surface area contributed by atoms with E-state index in [4.69, 9.17) is 0 Å². The number of benzene rings is 1. The summed E-state index contributed by atoms with van der Waals surface area (Å²) >= 11 is 0. The van der Waals surface area contributed by atoms with Crippen LogP contribution in [-0.4, -0.2) is 12.6 Å². The third-order valence-corrected chi connectivity index (χ3v) is 1.85. The Balaban J connectivity index is 3.17. The van der Waals surface area contributed by atoms with Gasteiger partial charge in [0.05, 0.1) is 0 Å². The quantitative estimate of drug-likeness (QED) is 0.666. The molecule has 0 saturated heterocycles. The van der Waals surface area contributed by atoms with Gasteiger partial charge >= 0.3 is 0 Å². The first kappa shape index (κ1) is 9.58. The Kier molecular flexibility index (Phi) is 2.90. The van der Waals surface area contributed by atoms with Crippen molar-refractivity contribution in [3.63, 3.8) is 0 Å². The van der Waals surface area contributed by atoms with Crippen LogP contribution in [0.4, 0.5) is 4.39 Å². The lowest BCUT2D eigenvalue weighted by Crippen LogP contribution is -1.99. The number of carbonyl (C=O) groups excluding carboxylic acids is 2. The second-order valence-electron chi connectivity index (χ2n) is 2.82. The fraction of sp³-hybridized carbons (Fsp3) is 0.200. The van der Waals surface area contributed by atoms with Gasteiger partial charge in [0.2, 0.25) is 0 Å². The van der Waals surface area contributed by atoms with Crippen molar-refractivity contribution < 1.29 is 14.0 Å². The molecule has 1 rings (SSSR count). The Morgan fingerprint density at radius 2 is 2.08 bits per heavy atom. The molecule has 1 atom stereocenters. The molecular weight excluding hydrogens is 171 g/mol. The summed E-state index contributed by atoms with van der Waals surface area (Å²) in [6.45, 7) is 1.58. The van der Waals surface area contributed by atoms with Gasteiger partial charge in [-0.3, -0.25) is 4.79 Å². The van der Waals surface area contributed by atoms with E-state index in [0.717, 1.165) is 0 Å². The monoisotopic (exact) mass is 180 g/mol. The molecule has 0 radical (unpaired) electrons. The normalized spacial score (nSPS) is 12.2. The van der Waals surface area contributed by atoms with Crippen LogP contribution in [0, 0.1) is 5.82 Å². The van der Waals surface area contributed by atoms with E-state index in [9.17, 15) is 14.0 Å². The first-order valence-corrected chi connectivity index (χ1v) is 3.89.